The summed E-state index contributed by atoms with van der Waals surface area (Å²) in [7, 11) is 1.54. The minimum atomic E-state index is -0.490. The third-order valence-electron chi connectivity index (χ3n) is 4.24. The number of carbonyl (C=O) groups excluding carboxylic acids is 2. The van der Waals surface area contributed by atoms with Gasteiger partial charge < -0.3 is 20.3 Å². The number of para-hydroxylation sites is 1. The van der Waals surface area contributed by atoms with Gasteiger partial charge in [0.25, 0.3) is 0 Å². The van der Waals surface area contributed by atoms with E-state index in [9.17, 15) is 9.59 Å². The maximum atomic E-state index is 12.5. The molecule has 1 aliphatic rings. The zero-order valence-electron chi connectivity index (χ0n) is 14.4. The number of hydrogen-bond acceptors (Lipinski definition) is 3. The lowest BCUT2D eigenvalue weighted by Gasteiger charge is -2.29. The van der Waals surface area contributed by atoms with Crippen molar-refractivity contribution >= 4 is 34.9 Å². The van der Waals surface area contributed by atoms with Gasteiger partial charge in [-0.25, -0.2) is 4.79 Å². The second-order valence-electron chi connectivity index (χ2n) is 5.93. The molecule has 0 radical (unpaired) electrons. The van der Waals surface area contributed by atoms with E-state index in [0.717, 1.165) is 24.1 Å². The number of rotatable bonds is 4. The van der Waals surface area contributed by atoms with Crippen LogP contribution in [0.3, 0.4) is 0 Å². The molecule has 3 rings (SSSR count). The number of nitrogens with zero attached hydrogens (tertiary/aromatic N) is 1. The van der Waals surface area contributed by atoms with Crippen molar-refractivity contribution in [2.45, 2.75) is 12.8 Å². The number of halogens is 1. The van der Waals surface area contributed by atoms with E-state index in [1.807, 2.05) is 24.3 Å². The Hall–Kier alpha value is -2.73. The number of aryl methyl sites for hydroxylation is 1. The molecule has 0 saturated heterocycles. The zero-order chi connectivity index (χ0) is 18.5. The van der Waals surface area contributed by atoms with Crippen molar-refractivity contribution in [1.82, 2.24) is 5.32 Å². The Bertz CT molecular complexity index is 825. The summed E-state index contributed by atoms with van der Waals surface area (Å²) in [5.74, 6) is 0.452. The molecule has 2 aromatic rings. The van der Waals surface area contributed by atoms with E-state index in [-0.39, 0.29) is 12.5 Å². The first-order chi connectivity index (χ1) is 12.6. The van der Waals surface area contributed by atoms with Crippen molar-refractivity contribution in [2.75, 3.05) is 30.4 Å². The highest BCUT2D eigenvalue weighted by atomic mass is 35.5. The number of amides is 3. The number of carbonyl (C=O) groups is 2. The van der Waals surface area contributed by atoms with Crippen LogP contribution in [0.15, 0.2) is 42.5 Å². The smallest absolute Gasteiger partial charge is 0.319 e. The van der Waals surface area contributed by atoms with Crippen LogP contribution in [0.25, 0.3) is 0 Å². The molecule has 0 aliphatic carbocycles. The summed E-state index contributed by atoms with van der Waals surface area (Å²) in [5, 5.41) is 5.57. The van der Waals surface area contributed by atoms with Crippen molar-refractivity contribution in [1.29, 1.82) is 0 Å². The first-order valence-electron chi connectivity index (χ1n) is 8.35. The third-order valence-corrected chi connectivity index (χ3v) is 4.55. The van der Waals surface area contributed by atoms with E-state index < -0.39 is 6.03 Å². The van der Waals surface area contributed by atoms with Gasteiger partial charge in [-0.1, -0.05) is 29.8 Å². The van der Waals surface area contributed by atoms with Crippen LogP contribution in [0.4, 0.5) is 16.2 Å². The maximum absolute atomic E-state index is 12.5. The summed E-state index contributed by atoms with van der Waals surface area (Å²) in [6, 6.07) is 12.3. The van der Waals surface area contributed by atoms with E-state index in [4.69, 9.17) is 16.3 Å². The molecular formula is C19H20ClN3O3. The molecule has 0 spiro atoms. The zero-order valence-corrected chi connectivity index (χ0v) is 15.2. The van der Waals surface area contributed by atoms with Crippen molar-refractivity contribution in [3.63, 3.8) is 0 Å². The summed E-state index contributed by atoms with van der Waals surface area (Å²) in [6.45, 7) is 0.567. The van der Waals surface area contributed by atoms with Gasteiger partial charge in [-0.05, 0) is 36.6 Å². The lowest BCUT2D eigenvalue weighted by atomic mass is 10.0. The topological polar surface area (TPSA) is 70.7 Å². The second-order valence-corrected chi connectivity index (χ2v) is 6.34. The summed E-state index contributed by atoms with van der Waals surface area (Å²) in [6.07, 6.45) is 1.88. The molecule has 0 fully saturated rings. The minimum Gasteiger partial charge on any atom is -0.497 e. The molecule has 26 heavy (non-hydrogen) atoms. The van der Waals surface area contributed by atoms with Gasteiger partial charge in [0.15, 0.2) is 0 Å². The highest BCUT2D eigenvalue weighted by molar-refractivity contribution is 6.33. The quantitative estimate of drug-likeness (QED) is 0.862. The van der Waals surface area contributed by atoms with Crippen LogP contribution in [-0.2, 0) is 11.2 Å². The number of benzene rings is 2. The first kappa shape index (κ1) is 18.1. The Morgan fingerprint density at radius 1 is 1.23 bits per heavy atom. The van der Waals surface area contributed by atoms with Crippen molar-refractivity contribution in [3.05, 3.63) is 53.1 Å². The highest BCUT2D eigenvalue weighted by Gasteiger charge is 2.22. The van der Waals surface area contributed by atoms with Crippen LogP contribution >= 0.6 is 11.6 Å². The fourth-order valence-electron chi connectivity index (χ4n) is 2.93. The molecule has 1 aliphatic heterocycles. The van der Waals surface area contributed by atoms with Crippen LogP contribution in [-0.4, -0.2) is 32.1 Å². The fourth-order valence-corrected chi connectivity index (χ4v) is 3.15. The van der Waals surface area contributed by atoms with Crippen LogP contribution in [0.1, 0.15) is 12.0 Å². The average molecular weight is 374 g/mol. The number of anilines is 2. The van der Waals surface area contributed by atoms with Crippen molar-refractivity contribution < 1.29 is 14.3 Å². The Morgan fingerprint density at radius 3 is 2.81 bits per heavy atom. The number of fused-ring (bicyclic) bond motifs is 1. The van der Waals surface area contributed by atoms with E-state index >= 15 is 0 Å². The van der Waals surface area contributed by atoms with Crippen molar-refractivity contribution in [3.8, 4) is 5.75 Å². The van der Waals surface area contributed by atoms with Crippen LogP contribution in [0.5, 0.6) is 5.75 Å². The third kappa shape index (κ3) is 4.08. The Labute approximate surface area is 157 Å². The van der Waals surface area contributed by atoms with Gasteiger partial charge in [-0.3, -0.25) is 4.79 Å². The van der Waals surface area contributed by atoms with E-state index in [0.29, 0.717) is 23.0 Å². The molecule has 0 saturated carbocycles. The van der Waals surface area contributed by atoms with Gasteiger partial charge in [0.1, 0.15) is 5.75 Å². The molecule has 0 aromatic heterocycles. The molecule has 2 N–H and O–H groups in total. The molecule has 2 aromatic carbocycles. The predicted octanol–water partition coefficient (Wildman–Crippen LogP) is 3.45. The lowest BCUT2D eigenvalue weighted by Crippen LogP contribution is -2.43. The SMILES string of the molecule is COc1ccc(NC(=O)NCC(=O)N2CCCc3ccccc32)c(Cl)c1. The van der Waals surface area contributed by atoms with Crippen LogP contribution in [0, 0.1) is 0 Å². The van der Waals surface area contributed by atoms with Gasteiger partial charge in [0.2, 0.25) is 5.91 Å². The Kier molecular flexibility index (Phi) is 5.63. The molecule has 3 amide bonds. The minimum absolute atomic E-state index is 0.0893. The van der Waals surface area contributed by atoms with Crippen LogP contribution in [0.2, 0.25) is 5.02 Å². The van der Waals surface area contributed by atoms with E-state index in [1.165, 1.54) is 7.11 Å². The lowest BCUT2D eigenvalue weighted by molar-refractivity contribution is -0.117. The largest absolute Gasteiger partial charge is 0.497 e. The average Bonchev–Trinajstić information content (AvgIpc) is 2.67. The van der Waals surface area contributed by atoms with E-state index in [1.54, 1.807) is 23.1 Å². The van der Waals surface area contributed by atoms with Gasteiger partial charge in [-0.2, -0.15) is 0 Å². The Balaban J connectivity index is 1.57. The predicted molar refractivity (Wildman–Crippen MR) is 102 cm³/mol. The van der Waals surface area contributed by atoms with Crippen molar-refractivity contribution in [2.24, 2.45) is 0 Å². The second kappa shape index (κ2) is 8.10. The van der Waals surface area contributed by atoms with Crippen LogP contribution < -0.4 is 20.3 Å². The monoisotopic (exact) mass is 373 g/mol. The van der Waals surface area contributed by atoms with Gasteiger partial charge >= 0.3 is 6.03 Å². The molecule has 1 heterocycles. The molecule has 0 unspecified atom stereocenters. The van der Waals surface area contributed by atoms with Gasteiger partial charge in [0, 0.05) is 18.3 Å². The molecule has 6 nitrogen and oxygen atoms in total. The normalized spacial score (nSPS) is 12.9. The highest BCUT2D eigenvalue weighted by Crippen LogP contribution is 2.27. The molecule has 136 valence electrons. The summed E-state index contributed by atoms with van der Waals surface area (Å²) in [5.41, 5.74) is 2.52. The summed E-state index contributed by atoms with van der Waals surface area (Å²) in [4.78, 5) is 26.3. The number of urea groups is 1. The molecule has 0 atom stereocenters. The first-order valence-corrected chi connectivity index (χ1v) is 8.73. The molecular weight excluding hydrogens is 354 g/mol. The van der Waals surface area contributed by atoms with Gasteiger partial charge in [0.05, 0.1) is 24.4 Å². The number of hydrogen-bond donors (Lipinski definition) is 2. The number of ether oxygens (including phenoxy) is 1. The molecule has 0 bridgehead atoms. The Morgan fingerprint density at radius 2 is 2.04 bits per heavy atom. The summed E-state index contributed by atoms with van der Waals surface area (Å²) >= 11 is 6.10. The molecule has 7 heteroatoms. The summed E-state index contributed by atoms with van der Waals surface area (Å²) < 4.78 is 5.07. The number of methoxy groups -OCH3 is 1. The van der Waals surface area contributed by atoms with Gasteiger partial charge in [-0.15, -0.1) is 0 Å². The maximum Gasteiger partial charge on any atom is 0.319 e. The fraction of sp³-hybridized carbons (Fsp3) is 0.263. The van der Waals surface area contributed by atoms with E-state index in [2.05, 4.69) is 10.6 Å². The standard InChI is InChI=1S/C19H20ClN3O3/c1-26-14-8-9-16(15(20)11-14)22-19(25)21-12-18(24)23-10-4-6-13-5-2-3-7-17(13)23/h2-3,5,7-9,11H,4,6,10,12H2,1H3,(H2,21,22,25). The number of nitrogens with one attached hydrogen (secondary N) is 2.